The molecule has 1 atom stereocenters. The van der Waals surface area contributed by atoms with E-state index in [1.165, 1.54) is 30.4 Å². The highest BCUT2D eigenvalue weighted by Crippen LogP contribution is 2.20. The summed E-state index contributed by atoms with van der Waals surface area (Å²) in [7, 11) is -2.22. The third-order valence-electron chi connectivity index (χ3n) is 6.59. The average molecular weight is 546 g/mol. The van der Waals surface area contributed by atoms with Gasteiger partial charge in [0.1, 0.15) is 6.04 Å². The topological polar surface area (TPSA) is 86.8 Å². The number of halogens is 1. The molecule has 0 aliphatic heterocycles. The van der Waals surface area contributed by atoms with E-state index in [-0.39, 0.29) is 19.0 Å². The number of benzene rings is 2. The van der Waals surface area contributed by atoms with Gasteiger partial charge in [-0.1, -0.05) is 65.7 Å². The van der Waals surface area contributed by atoms with Gasteiger partial charge in [0.05, 0.1) is 12.8 Å². The quantitative estimate of drug-likeness (QED) is 0.405. The molecule has 0 unspecified atom stereocenters. The molecule has 0 bridgehead atoms. The number of carbonyl (C=O) groups excluding carboxylic acids is 2. The van der Waals surface area contributed by atoms with Gasteiger partial charge in [0.2, 0.25) is 21.8 Å². The Labute approximate surface area is 225 Å². The van der Waals surface area contributed by atoms with Gasteiger partial charge in [-0.15, -0.1) is 0 Å². The number of amides is 2. The van der Waals surface area contributed by atoms with Crippen molar-refractivity contribution in [3.8, 4) is 0 Å². The second-order valence-corrected chi connectivity index (χ2v) is 12.0. The molecule has 0 saturated heterocycles. The smallest absolute Gasteiger partial charge is 0.243 e. The number of nitrogens with one attached hydrogen (secondary N) is 1. The van der Waals surface area contributed by atoms with E-state index >= 15 is 0 Å². The summed E-state index contributed by atoms with van der Waals surface area (Å²) >= 11 is 6.05. The van der Waals surface area contributed by atoms with Crippen LogP contribution in [0.5, 0.6) is 0 Å². The molecule has 200 valence electrons. The van der Waals surface area contributed by atoms with Crippen LogP contribution in [0.25, 0.3) is 0 Å². The summed E-state index contributed by atoms with van der Waals surface area (Å²) in [6.07, 6.45) is 8.92. The summed E-state index contributed by atoms with van der Waals surface area (Å²) in [5.74, 6) is -0.710. The predicted molar refractivity (Wildman–Crippen MR) is 148 cm³/mol. The van der Waals surface area contributed by atoms with Crippen LogP contribution in [0.3, 0.4) is 0 Å². The van der Waals surface area contributed by atoms with Crippen molar-refractivity contribution >= 4 is 33.4 Å². The normalized spacial score (nSPS) is 14.6. The molecule has 0 spiro atoms. The first-order valence-electron chi connectivity index (χ1n) is 12.6. The molecule has 0 radical (unpaired) electrons. The summed E-state index contributed by atoms with van der Waals surface area (Å²) in [6, 6.07) is 15.8. The van der Waals surface area contributed by atoms with Gasteiger partial charge >= 0.3 is 0 Å². The zero-order valence-corrected chi connectivity index (χ0v) is 23.1. The summed E-state index contributed by atoms with van der Waals surface area (Å²) < 4.78 is 25.1. The zero-order chi connectivity index (χ0) is 26.8. The standard InChI is InChI=1S/C28H36ClN3O4S/c1-31(37(2,35)36)21-27(33)32(20-24-13-15-25(29)16-14-24)26(19-23-11-7-4-8-12-23)28(34)30-18-17-22-9-5-3-6-10-22/h4,7-9,11-16,26H,3,5-6,10,17-21H2,1-2H3,(H,30,34)/t26-/m0/s1. The van der Waals surface area contributed by atoms with Crippen LogP contribution in [-0.2, 0) is 32.6 Å². The van der Waals surface area contributed by atoms with Gasteiger partial charge in [-0.3, -0.25) is 9.59 Å². The molecular weight excluding hydrogens is 510 g/mol. The van der Waals surface area contributed by atoms with E-state index in [4.69, 9.17) is 11.6 Å². The minimum Gasteiger partial charge on any atom is -0.354 e. The molecule has 7 nitrogen and oxygen atoms in total. The number of sulfonamides is 1. The van der Waals surface area contributed by atoms with Crippen molar-refractivity contribution in [1.82, 2.24) is 14.5 Å². The molecule has 3 rings (SSSR count). The molecule has 0 saturated carbocycles. The lowest BCUT2D eigenvalue weighted by Gasteiger charge is -2.32. The molecule has 2 aromatic rings. The third kappa shape index (κ3) is 9.29. The Morgan fingerprint density at radius 1 is 1.03 bits per heavy atom. The van der Waals surface area contributed by atoms with Crippen molar-refractivity contribution in [2.45, 2.75) is 51.1 Å². The van der Waals surface area contributed by atoms with Crippen molar-refractivity contribution in [2.24, 2.45) is 0 Å². The fourth-order valence-electron chi connectivity index (χ4n) is 4.33. The number of carbonyl (C=O) groups is 2. The molecule has 1 N–H and O–H groups in total. The lowest BCUT2D eigenvalue weighted by molar-refractivity contribution is -0.141. The van der Waals surface area contributed by atoms with Crippen LogP contribution < -0.4 is 5.32 Å². The SMILES string of the molecule is CN(CC(=O)N(Cc1ccc(Cl)cc1)[C@@H](Cc1ccccc1)C(=O)NCCC1=CCCCC1)S(C)(=O)=O. The minimum atomic E-state index is -3.58. The molecular formula is C28H36ClN3O4S. The van der Waals surface area contributed by atoms with E-state index in [1.54, 1.807) is 24.3 Å². The molecule has 0 heterocycles. The molecule has 37 heavy (non-hydrogen) atoms. The first-order chi connectivity index (χ1) is 17.6. The average Bonchev–Trinajstić information content (AvgIpc) is 2.87. The van der Waals surface area contributed by atoms with Crippen molar-refractivity contribution in [1.29, 1.82) is 0 Å². The number of hydrogen-bond acceptors (Lipinski definition) is 4. The van der Waals surface area contributed by atoms with E-state index in [0.29, 0.717) is 18.0 Å². The van der Waals surface area contributed by atoms with Crippen LogP contribution >= 0.6 is 11.6 Å². The van der Waals surface area contributed by atoms with Gasteiger partial charge in [0, 0.05) is 31.6 Å². The highest BCUT2D eigenvalue weighted by atomic mass is 35.5. The predicted octanol–water partition coefficient (Wildman–Crippen LogP) is 4.18. The van der Waals surface area contributed by atoms with E-state index in [9.17, 15) is 18.0 Å². The Morgan fingerprint density at radius 2 is 1.73 bits per heavy atom. The number of nitrogens with zero attached hydrogens (tertiary/aromatic N) is 2. The Kier molecular flexibility index (Phi) is 10.7. The number of likely N-dealkylation sites (N-methyl/N-ethyl adjacent to an activating group) is 1. The van der Waals surface area contributed by atoms with Gasteiger partial charge in [-0.25, -0.2) is 8.42 Å². The van der Waals surface area contributed by atoms with Gasteiger partial charge in [-0.05, 0) is 55.4 Å². The molecule has 0 fully saturated rings. The summed E-state index contributed by atoms with van der Waals surface area (Å²) in [5, 5.41) is 3.60. The lowest BCUT2D eigenvalue weighted by Crippen LogP contribution is -2.53. The fraction of sp³-hybridized carbons (Fsp3) is 0.429. The minimum absolute atomic E-state index is 0.143. The summed E-state index contributed by atoms with van der Waals surface area (Å²) in [5.41, 5.74) is 3.05. The van der Waals surface area contributed by atoms with Gasteiger partial charge in [-0.2, -0.15) is 4.31 Å². The second kappa shape index (κ2) is 13.7. The van der Waals surface area contributed by atoms with Crippen LogP contribution in [0.2, 0.25) is 5.02 Å². The molecule has 1 aliphatic rings. The maximum Gasteiger partial charge on any atom is 0.243 e. The van der Waals surface area contributed by atoms with E-state index in [1.807, 2.05) is 30.3 Å². The largest absolute Gasteiger partial charge is 0.354 e. The Bertz CT molecular complexity index is 1180. The highest BCUT2D eigenvalue weighted by Gasteiger charge is 2.31. The number of hydrogen-bond donors (Lipinski definition) is 1. The fourth-order valence-corrected chi connectivity index (χ4v) is 4.81. The van der Waals surface area contributed by atoms with Gasteiger partial charge in [0.15, 0.2) is 0 Å². The molecule has 1 aliphatic carbocycles. The molecule has 9 heteroatoms. The maximum atomic E-state index is 13.6. The monoisotopic (exact) mass is 545 g/mol. The Morgan fingerprint density at radius 3 is 2.35 bits per heavy atom. The van der Waals surface area contributed by atoms with Crippen molar-refractivity contribution in [2.75, 3.05) is 26.4 Å². The van der Waals surface area contributed by atoms with Crippen LogP contribution in [0.1, 0.15) is 43.2 Å². The zero-order valence-electron chi connectivity index (χ0n) is 21.5. The van der Waals surface area contributed by atoms with Crippen molar-refractivity contribution in [3.63, 3.8) is 0 Å². The van der Waals surface area contributed by atoms with Crippen LogP contribution in [-0.4, -0.2) is 61.9 Å². The van der Waals surface area contributed by atoms with Crippen LogP contribution in [0.15, 0.2) is 66.2 Å². The highest BCUT2D eigenvalue weighted by molar-refractivity contribution is 7.88. The van der Waals surface area contributed by atoms with Crippen LogP contribution in [0.4, 0.5) is 0 Å². The molecule has 2 aromatic carbocycles. The number of rotatable bonds is 12. The maximum absolute atomic E-state index is 13.6. The molecule has 0 aromatic heterocycles. The second-order valence-electron chi connectivity index (χ2n) is 9.52. The Balaban J connectivity index is 1.87. The van der Waals surface area contributed by atoms with Crippen molar-refractivity contribution < 1.29 is 18.0 Å². The van der Waals surface area contributed by atoms with Gasteiger partial charge < -0.3 is 10.2 Å². The third-order valence-corrected chi connectivity index (χ3v) is 8.11. The lowest BCUT2D eigenvalue weighted by atomic mass is 9.97. The molecule has 2 amide bonds. The summed E-state index contributed by atoms with van der Waals surface area (Å²) in [4.78, 5) is 28.6. The first kappa shape index (κ1) is 28.9. The van der Waals surface area contributed by atoms with Crippen LogP contribution in [0, 0.1) is 0 Å². The van der Waals surface area contributed by atoms with E-state index < -0.39 is 22.0 Å². The van der Waals surface area contributed by atoms with Gasteiger partial charge in [0.25, 0.3) is 0 Å². The van der Waals surface area contributed by atoms with Crippen molar-refractivity contribution in [3.05, 3.63) is 82.4 Å². The first-order valence-corrected chi connectivity index (χ1v) is 14.8. The Hall–Kier alpha value is -2.68. The van der Waals surface area contributed by atoms with E-state index in [0.717, 1.165) is 41.0 Å². The summed E-state index contributed by atoms with van der Waals surface area (Å²) in [6.45, 7) is 0.268. The number of allylic oxidation sites excluding steroid dienone is 1. The van der Waals surface area contributed by atoms with E-state index in [2.05, 4.69) is 11.4 Å².